The molecule has 2 aliphatic rings. The van der Waals surface area contributed by atoms with Gasteiger partial charge in [-0.1, -0.05) is 11.6 Å². The molecule has 0 bridgehead atoms. The Morgan fingerprint density at radius 1 is 1.10 bits per heavy atom. The zero-order valence-electron chi connectivity index (χ0n) is 22.1. The van der Waals surface area contributed by atoms with Gasteiger partial charge in [-0.05, 0) is 63.3 Å². The standard InChI is InChI=1S/C28H34ClFN8O/c1-37-12-14-38(15-13-37)11-7-27(39)34-26-17-21(6-10-32-26)33-25-18-24(22-16-20(29)2-3-23(22)30)35-36-28(25)19-4-8-31-9-5-19/h2-3,6,10,16-19,31H,4-5,7-9,11-15H2,1H3,(H2,32,33,34,35,39). The molecule has 0 aliphatic carbocycles. The maximum atomic E-state index is 14.6. The fraction of sp³-hybridized carbons (Fsp3) is 0.429. The molecule has 1 aromatic carbocycles. The minimum Gasteiger partial charge on any atom is -0.354 e. The van der Waals surface area contributed by atoms with Gasteiger partial charge < -0.3 is 25.8 Å². The third-order valence-electron chi connectivity index (χ3n) is 7.31. The van der Waals surface area contributed by atoms with E-state index in [2.05, 4.69) is 48.0 Å². The molecule has 4 heterocycles. The second-order valence-electron chi connectivity index (χ2n) is 10.2. The zero-order chi connectivity index (χ0) is 27.2. The summed E-state index contributed by atoms with van der Waals surface area (Å²) in [6, 6.07) is 9.82. The van der Waals surface area contributed by atoms with E-state index in [0.717, 1.165) is 75.7 Å². The Bertz CT molecular complexity index is 1290. The minimum atomic E-state index is -0.417. The number of carbonyl (C=O) groups excluding carboxylic acids is 1. The largest absolute Gasteiger partial charge is 0.354 e. The number of aromatic nitrogens is 3. The van der Waals surface area contributed by atoms with E-state index >= 15 is 0 Å². The number of nitrogens with one attached hydrogen (secondary N) is 3. The first kappa shape index (κ1) is 27.4. The van der Waals surface area contributed by atoms with Crippen molar-refractivity contribution in [1.29, 1.82) is 0 Å². The molecule has 5 rings (SSSR count). The predicted molar refractivity (Wildman–Crippen MR) is 152 cm³/mol. The zero-order valence-corrected chi connectivity index (χ0v) is 22.8. The van der Waals surface area contributed by atoms with Crippen molar-refractivity contribution in [1.82, 2.24) is 30.3 Å². The molecule has 206 valence electrons. The Morgan fingerprint density at radius 3 is 2.69 bits per heavy atom. The number of hydrogen-bond acceptors (Lipinski definition) is 8. The number of halogens is 2. The highest BCUT2D eigenvalue weighted by molar-refractivity contribution is 6.30. The molecule has 2 aliphatic heterocycles. The fourth-order valence-electron chi connectivity index (χ4n) is 4.99. The van der Waals surface area contributed by atoms with E-state index in [1.807, 2.05) is 12.1 Å². The van der Waals surface area contributed by atoms with Gasteiger partial charge in [0.15, 0.2) is 0 Å². The second-order valence-corrected chi connectivity index (χ2v) is 10.6. The topological polar surface area (TPSA) is 98.3 Å². The van der Waals surface area contributed by atoms with Crippen LogP contribution in [0.2, 0.25) is 5.02 Å². The Morgan fingerprint density at radius 2 is 1.90 bits per heavy atom. The van der Waals surface area contributed by atoms with Gasteiger partial charge in [-0.25, -0.2) is 9.37 Å². The highest BCUT2D eigenvalue weighted by atomic mass is 35.5. The Kier molecular flexibility index (Phi) is 8.98. The van der Waals surface area contributed by atoms with E-state index in [1.54, 1.807) is 18.3 Å². The number of piperidine rings is 1. The number of nitrogens with zero attached hydrogens (tertiary/aromatic N) is 5. The van der Waals surface area contributed by atoms with Crippen LogP contribution in [0.4, 0.5) is 21.6 Å². The lowest BCUT2D eigenvalue weighted by Gasteiger charge is -2.32. The molecule has 3 N–H and O–H groups in total. The molecule has 3 aromatic rings. The number of benzene rings is 1. The molecular formula is C28H34ClFN8O. The third kappa shape index (κ3) is 7.27. The minimum absolute atomic E-state index is 0.0710. The van der Waals surface area contributed by atoms with E-state index in [4.69, 9.17) is 11.6 Å². The van der Waals surface area contributed by atoms with E-state index in [9.17, 15) is 9.18 Å². The molecule has 9 nitrogen and oxygen atoms in total. The number of piperazine rings is 1. The fourth-order valence-corrected chi connectivity index (χ4v) is 5.16. The first-order valence-corrected chi connectivity index (χ1v) is 13.8. The molecule has 0 saturated carbocycles. The third-order valence-corrected chi connectivity index (χ3v) is 7.55. The molecule has 11 heteroatoms. The van der Waals surface area contributed by atoms with Gasteiger partial charge in [0.1, 0.15) is 11.6 Å². The monoisotopic (exact) mass is 552 g/mol. The number of amides is 1. The molecule has 2 aromatic heterocycles. The van der Waals surface area contributed by atoms with Gasteiger partial charge >= 0.3 is 0 Å². The maximum Gasteiger partial charge on any atom is 0.226 e. The average Bonchev–Trinajstić information content (AvgIpc) is 2.95. The number of pyridine rings is 1. The molecule has 2 fully saturated rings. The van der Waals surface area contributed by atoms with Crippen molar-refractivity contribution in [2.75, 3.05) is 63.5 Å². The van der Waals surface area contributed by atoms with Crippen LogP contribution in [0, 0.1) is 5.82 Å². The van der Waals surface area contributed by atoms with Gasteiger partial charge in [-0.2, -0.15) is 5.10 Å². The second kappa shape index (κ2) is 12.8. The predicted octanol–water partition coefficient (Wildman–Crippen LogP) is 4.12. The van der Waals surface area contributed by atoms with Gasteiger partial charge in [0.2, 0.25) is 5.91 Å². The van der Waals surface area contributed by atoms with E-state index in [0.29, 0.717) is 23.0 Å². The SMILES string of the molecule is CN1CCN(CCC(=O)Nc2cc(Nc3cc(-c4cc(Cl)ccc4F)nnc3C3CCNCC3)ccn2)CC1. The van der Waals surface area contributed by atoms with Crippen LogP contribution < -0.4 is 16.0 Å². The summed E-state index contributed by atoms with van der Waals surface area (Å²) in [5.74, 6) is 0.197. The van der Waals surface area contributed by atoms with Crippen molar-refractivity contribution in [2.24, 2.45) is 0 Å². The summed E-state index contributed by atoms with van der Waals surface area (Å²) in [7, 11) is 2.12. The Balaban J connectivity index is 1.32. The molecular weight excluding hydrogens is 519 g/mol. The van der Waals surface area contributed by atoms with Crippen molar-refractivity contribution < 1.29 is 9.18 Å². The van der Waals surface area contributed by atoms with Gasteiger partial charge in [-0.15, -0.1) is 5.10 Å². The van der Waals surface area contributed by atoms with Crippen LogP contribution in [0.15, 0.2) is 42.6 Å². The summed E-state index contributed by atoms with van der Waals surface area (Å²) in [6.45, 7) is 6.51. The number of hydrogen-bond donors (Lipinski definition) is 3. The first-order chi connectivity index (χ1) is 18.9. The lowest BCUT2D eigenvalue weighted by molar-refractivity contribution is -0.116. The van der Waals surface area contributed by atoms with Crippen LogP contribution >= 0.6 is 11.6 Å². The number of carbonyl (C=O) groups is 1. The normalized spacial score (nSPS) is 17.2. The first-order valence-electron chi connectivity index (χ1n) is 13.4. The van der Waals surface area contributed by atoms with Crippen molar-refractivity contribution in [3.63, 3.8) is 0 Å². The highest BCUT2D eigenvalue weighted by Gasteiger charge is 2.22. The van der Waals surface area contributed by atoms with Crippen LogP contribution in [0.5, 0.6) is 0 Å². The molecule has 2 saturated heterocycles. The Labute approximate surface area is 233 Å². The van der Waals surface area contributed by atoms with E-state index < -0.39 is 5.82 Å². The average molecular weight is 553 g/mol. The molecule has 0 atom stereocenters. The highest BCUT2D eigenvalue weighted by Crippen LogP contribution is 2.34. The van der Waals surface area contributed by atoms with Crippen molar-refractivity contribution in [3.05, 3.63) is 59.1 Å². The van der Waals surface area contributed by atoms with Crippen LogP contribution in [0.1, 0.15) is 30.9 Å². The van der Waals surface area contributed by atoms with Gasteiger partial charge in [0.25, 0.3) is 0 Å². The summed E-state index contributed by atoms with van der Waals surface area (Å²) in [5, 5.41) is 19.1. The van der Waals surface area contributed by atoms with Crippen LogP contribution in [0.3, 0.4) is 0 Å². The molecule has 39 heavy (non-hydrogen) atoms. The summed E-state index contributed by atoms with van der Waals surface area (Å²) in [6.07, 6.45) is 3.92. The quantitative estimate of drug-likeness (QED) is 0.384. The Hall–Kier alpha value is -3.18. The lowest BCUT2D eigenvalue weighted by Crippen LogP contribution is -2.45. The lowest BCUT2D eigenvalue weighted by atomic mass is 9.93. The number of anilines is 3. The van der Waals surface area contributed by atoms with Crippen LogP contribution in [-0.4, -0.2) is 83.7 Å². The summed E-state index contributed by atoms with van der Waals surface area (Å²) >= 11 is 6.14. The molecule has 0 radical (unpaired) electrons. The van der Waals surface area contributed by atoms with Crippen molar-refractivity contribution in [3.8, 4) is 11.3 Å². The molecule has 1 amide bonds. The molecule has 0 spiro atoms. The molecule has 0 unspecified atom stereocenters. The van der Waals surface area contributed by atoms with Gasteiger partial charge in [-0.3, -0.25) is 4.79 Å². The van der Waals surface area contributed by atoms with Crippen molar-refractivity contribution in [2.45, 2.75) is 25.2 Å². The van der Waals surface area contributed by atoms with Crippen molar-refractivity contribution >= 4 is 34.7 Å². The van der Waals surface area contributed by atoms with Crippen LogP contribution in [0.25, 0.3) is 11.3 Å². The van der Waals surface area contributed by atoms with E-state index in [-0.39, 0.29) is 17.4 Å². The summed E-state index contributed by atoms with van der Waals surface area (Å²) in [5.41, 5.74) is 2.99. The van der Waals surface area contributed by atoms with Gasteiger partial charge in [0, 0.05) is 73.6 Å². The summed E-state index contributed by atoms with van der Waals surface area (Å²) < 4.78 is 14.6. The smallest absolute Gasteiger partial charge is 0.226 e. The van der Waals surface area contributed by atoms with Crippen LogP contribution in [-0.2, 0) is 4.79 Å². The maximum absolute atomic E-state index is 14.6. The van der Waals surface area contributed by atoms with Gasteiger partial charge in [0.05, 0.1) is 17.1 Å². The van der Waals surface area contributed by atoms with E-state index in [1.165, 1.54) is 12.1 Å². The number of likely N-dealkylation sites (N-methyl/N-ethyl adjacent to an activating group) is 1. The summed E-state index contributed by atoms with van der Waals surface area (Å²) in [4.78, 5) is 21.6. The number of rotatable bonds is 8.